The number of halogens is 1. The summed E-state index contributed by atoms with van der Waals surface area (Å²) in [5.41, 5.74) is 0. The van der Waals surface area contributed by atoms with Gasteiger partial charge in [0.2, 0.25) is 5.91 Å². The zero-order valence-corrected chi connectivity index (χ0v) is 15.1. The van der Waals surface area contributed by atoms with Gasteiger partial charge in [0.25, 0.3) is 0 Å². The summed E-state index contributed by atoms with van der Waals surface area (Å²) in [6, 6.07) is 7.76. The molecule has 6 heteroatoms. The lowest BCUT2D eigenvalue weighted by atomic mass is 10.0. The molecule has 0 aliphatic carbocycles. The van der Waals surface area contributed by atoms with Gasteiger partial charge < -0.3 is 15.4 Å². The van der Waals surface area contributed by atoms with Crippen molar-refractivity contribution < 1.29 is 9.53 Å². The first kappa shape index (κ1) is 19.0. The average molecular weight is 354 g/mol. The Labute approximate surface area is 149 Å². The highest BCUT2D eigenvalue weighted by Crippen LogP contribution is 2.16. The Bertz CT molecular complexity index is 488. The third-order valence-corrected chi connectivity index (χ3v) is 4.53. The maximum Gasteiger partial charge on any atom is 0.220 e. The molecule has 0 bridgehead atoms. The number of hydrogen-bond donors (Lipinski definition) is 2. The molecule has 0 radical (unpaired) electrons. The summed E-state index contributed by atoms with van der Waals surface area (Å²) in [4.78, 5) is 14.2. The van der Waals surface area contributed by atoms with Gasteiger partial charge in [-0.2, -0.15) is 0 Å². The van der Waals surface area contributed by atoms with Crippen LogP contribution >= 0.6 is 11.6 Å². The van der Waals surface area contributed by atoms with Gasteiger partial charge in [0.1, 0.15) is 12.4 Å². The van der Waals surface area contributed by atoms with Crippen molar-refractivity contribution in [2.75, 3.05) is 39.8 Å². The molecule has 0 aromatic heterocycles. The van der Waals surface area contributed by atoms with Crippen LogP contribution in [0.5, 0.6) is 5.75 Å². The van der Waals surface area contributed by atoms with Crippen LogP contribution in [-0.4, -0.2) is 56.7 Å². The normalized spacial score (nSPS) is 16.1. The number of likely N-dealkylation sites (tertiary alicyclic amines) is 1. The number of amides is 1. The lowest BCUT2D eigenvalue weighted by molar-refractivity contribution is -0.122. The van der Waals surface area contributed by atoms with Crippen molar-refractivity contribution in [1.82, 2.24) is 15.5 Å². The highest BCUT2D eigenvalue weighted by atomic mass is 35.5. The Balaban J connectivity index is 1.57. The molecule has 1 aromatic carbocycles. The predicted octanol–water partition coefficient (Wildman–Crippen LogP) is 2.30. The minimum atomic E-state index is 0.176. The van der Waals surface area contributed by atoms with Crippen molar-refractivity contribution in [3.05, 3.63) is 29.3 Å². The van der Waals surface area contributed by atoms with Crippen LogP contribution in [0.4, 0.5) is 0 Å². The molecule has 1 aliphatic heterocycles. The first-order chi connectivity index (χ1) is 11.7. The number of benzene rings is 1. The van der Waals surface area contributed by atoms with Gasteiger partial charge in [0.15, 0.2) is 0 Å². The van der Waals surface area contributed by atoms with E-state index in [1.807, 2.05) is 31.3 Å². The number of hydrogen-bond acceptors (Lipinski definition) is 4. The smallest absolute Gasteiger partial charge is 0.220 e. The second-order valence-corrected chi connectivity index (χ2v) is 6.63. The van der Waals surface area contributed by atoms with E-state index in [0.717, 1.165) is 56.2 Å². The third-order valence-electron chi connectivity index (χ3n) is 4.27. The number of nitrogens with zero attached hydrogens (tertiary/aromatic N) is 1. The topological polar surface area (TPSA) is 53.6 Å². The van der Waals surface area contributed by atoms with Crippen LogP contribution in [0.15, 0.2) is 24.3 Å². The summed E-state index contributed by atoms with van der Waals surface area (Å²) < 4.78 is 5.73. The number of nitrogens with one attached hydrogen (secondary N) is 2. The number of carbonyl (C=O) groups is 1. The summed E-state index contributed by atoms with van der Waals surface area (Å²) in [7, 11) is 1.91. The molecule has 134 valence electrons. The van der Waals surface area contributed by atoms with E-state index in [0.29, 0.717) is 19.1 Å². The maximum absolute atomic E-state index is 11.8. The van der Waals surface area contributed by atoms with E-state index in [1.165, 1.54) is 0 Å². The van der Waals surface area contributed by atoms with Crippen molar-refractivity contribution in [2.45, 2.75) is 31.7 Å². The molecule has 1 aliphatic rings. The molecular weight excluding hydrogens is 326 g/mol. The number of ether oxygens (including phenoxy) is 1. The quantitative estimate of drug-likeness (QED) is 0.669. The molecule has 2 rings (SSSR count). The number of carbonyl (C=O) groups excluding carboxylic acids is 1. The first-order valence-electron chi connectivity index (χ1n) is 8.72. The standard InChI is InChI=1S/C18H28ClN3O2/c1-20-10-2-3-18(23)21-16-8-11-22(12-9-16)13-14-24-17-6-4-15(19)5-7-17/h4-7,16,20H,2-3,8-14H2,1H3,(H,21,23). The number of rotatable bonds is 9. The molecule has 1 heterocycles. The van der Waals surface area contributed by atoms with Crippen molar-refractivity contribution in [3.63, 3.8) is 0 Å². The summed E-state index contributed by atoms with van der Waals surface area (Å²) >= 11 is 5.86. The lowest BCUT2D eigenvalue weighted by Crippen LogP contribution is -2.45. The fourth-order valence-electron chi connectivity index (χ4n) is 2.85. The summed E-state index contributed by atoms with van der Waals surface area (Å²) in [5.74, 6) is 1.03. The lowest BCUT2D eigenvalue weighted by Gasteiger charge is -2.32. The fourth-order valence-corrected chi connectivity index (χ4v) is 2.98. The Morgan fingerprint density at radius 1 is 1.29 bits per heavy atom. The molecule has 1 saturated heterocycles. The van der Waals surface area contributed by atoms with Crippen LogP contribution in [0.1, 0.15) is 25.7 Å². The zero-order chi connectivity index (χ0) is 17.2. The minimum absolute atomic E-state index is 0.176. The predicted molar refractivity (Wildman–Crippen MR) is 97.7 cm³/mol. The molecule has 1 amide bonds. The molecule has 0 atom stereocenters. The zero-order valence-electron chi connectivity index (χ0n) is 14.4. The SMILES string of the molecule is CNCCCC(=O)NC1CCN(CCOc2ccc(Cl)cc2)CC1. The Hall–Kier alpha value is -1.30. The van der Waals surface area contributed by atoms with Gasteiger partial charge >= 0.3 is 0 Å². The van der Waals surface area contributed by atoms with Gasteiger partial charge in [-0.25, -0.2) is 0 Å². The largest absolute Gasteiger partial charge is 0.492 e. The van der Waals surface area contributed by atoms with E-state index < -0.39 is 0 Å². The molecule has 24 heavy (non-hydrogen) atoms. The summed E-state index contributed by atoms with van der Waals surface area (Å²) in [6.07, 6.45) is 3.52. The van der Waals surface area contributed by atoms with Crippen LogP contribution in [0.25, 0.3) is 0 Å². The van der Waals surface area contributed by atoms with Crippen molar-refractivity contribution >= 4 is 17.5 Å². The van der Waals surface area contributed by atoms with Gasteiger partial charge in [-0.05, 0) is 57.1 Å². The van der Waals surface area contributed by atoms with Gasteiger partial charge in [-0.15, -0.1) is 0 Å². The van der Waals surface area contributed by atoms with Crippen molar-refractivity contribution in [3.8, 4) is 5.75 Å². The van der Waals surface area contributed by atoms with Crippen LogP contribution in [0.3, 0.4) is 0 Å². The molecule has 0 unspecified atom stereocenters. The van der Waals surface area contributed by atoms with E-state index in [1.54, 1.807) is 0 Å². The Morgan fingerprint density at radius 2 is 2.00 bits per heavy atom. The molecule has 1 aromatic rings. The van der Waals surface area contributed by atoms with Gasteiger partial charge in [-0.3, -0.25) is 9.69 Å². The maximum atomic E-state index is 11.8. The highest BCUT2D eigenvalue weighted by molar-refractivity contribution is 6.30. The van der Waals surface area contributed by atoms with E-state index in [4.69, 9.17) is 16.3 Å². The van der Waals surface area contributed by atoms with E-state index in [-0.39, 0.29) is 5.91 Å². The molecule has 5 nitrogen and oxygen atoms in total. The van der Waals surface area contributed by atoms with Gasteiger partial charge in [0.05, 0.1) is 0 Å². The van der Waals surface area contributed by atoms with Crippen LogP contribution in [-0.2, 0) is 4.79 Å². The van der Waals surface area contributed by atoms with E-state index >= 15 is 0 Å². The molecule has 2 N–H and O–H groups in total. The molecule has 0 saturated carbocycles. The second-order valence-electron chi connectivity index (χ2n) is 6.19. The first-order valence-corrected chi connectivity index (χ1v) is 9.10. The minimum Gasteiger partial charge on any atom is -0.492 e. The number of piperidine rings is 1. The molecule has 1 fully saturated rings. The van der Waals surface area contributed by atoms with Crippen LogP contribution < -0.4 is 15.4 Å². The van der Waals surface area contributed by atoms with Crippen LogP contribution in [0, 0.1) is 0 Å². The van der Waals surface area contributed by atoms with E-state index in [2.05, 4.69) is 15.5 Å². The Kier molecular flexibility index (Phi) is 8.36. The van der Waals surface area contributed by atoms with Crippen molar-refractivity contribution in [2.24, 2.45) is 0 Å². The monoisotopic (exact) mass is 353 g/mol. The fraction of sp³-hybridized carbons (Fsp3) is 0.611. The molecule has 0 spiro atoms. The van der Waals surface area contributed by atoms with Gasteiger partial charge in [0, 0.05) is 37.1 Å². The third kappa shape index (κ3) is 7.07. The summed E-state index contributed by atoms with van der Waals surface area (Å²) in [5, 5.41) is 6.93. The van der Waals surface area contributed by atoms with Crippen LogP contribution in [0.2, 0.25) is 5.02 Å². The molecular formula is C18H28ClN3O2. The Morgan fingerprint density at radius 3 is 2.67 bits per heavy atom. The second kappa shape index (κ2) is 10.5. The summed E-state index contributed by atoms with van der Waals surface area (Å²) in [6.45, 7) is 4.48. The van der Waals surface area contributed by atoms with Crippen molar-refractivity contribution in [1.29, 1.82) is 0 Å². The highest BCUT2D eigenvalue weighted by Gasteiger charge is 2.20. The van der Waals surface area contributed by atoms with E-state index in [9.17, 15) is 4.79 Å². The van der Waals surface area contributed by atoms with Gasteiger partial charge in [-0.1, -0.05) is 11.6 Å². The average Bonchev–Trinajstić information content (AvgIpc) is 2.58.